The van der Waals surface area contributed by atoms with Crippen LogP contribution >= 0.6 is 0 Å². The summed E-state index contributed by atoms with van der Waals surface area (Å²) in [5.41, 5.74) is 3.78. The van der Waals surface area contributed by atoms with Crippen LogP contribution < -0.4 is 10.7 Å². The van der Waals surface area contributed by atoms with Gasteiger partial charge >= 0.3 is 0 Å². The first-order valence-corrected chi connectivity index (χ1v) is 2.99. The van der Waals surface area contributed by atoms with E-state index < -0.39 is 0 Å². The van der Waals surface area contributed by atoms with Crippen LogP contribution in [-0.2, 0) is 0 Å². The zero-order valence-electron chi connectivity index (χ0n) is 5.26. The van der Waals surface area contributed by atoms with E-state index in [1.165, 1.54) is 0 Å². The van der Waals surface area contributed by atoms with Gasteiger partial charge in [0, 0.05) is 23.7 Å². The molecule has 0 saturated carbocycles. The third-order valence-corrected chi connectivity index (χ3v) is 1.32. The fourth-order valence-corrected chi connectivity index (χ4v) is 0.839. The number of nitrogens with one attached hydrogen (secondary N) is 2. The van der Waals surface area contributed by atoms with Gasteiger partial charge in [-0.2, -0.15) is 0 Å². The molecule has 0 aromatic rings. The lowest BCUT2D eigenvalue weighted by atomic mass is 10.2. The molecular weight excluding hydrogens is 128 g/mol. The van der Waals surface area contributed by atoms with Crippen molar-refractivity contribution < 1.29 is 0 Å². The molecule has 0 aromatic heterocycles. The molecule has 4 heteroatoms. The average Bonchev–Trinajstić information content (AvgIpc) is 2.05. The molecule has 0 radical (unpaired) electrons. The van der Waals surface area contributed by atoms with Gasteiger partial charge in [0.1, 0.15) is 12.5 Å². The predicted molar refractivity (Wildman–Crippen MR) is 38.7 cm³/mol. The monoisotopic (exact) mass is 134 g/mol. The van der Waals surface area contributed by atoms with Gasteiger partial charge in [-0.1, -0.05) is 0 Å². The van der Waals surface area contributed by atoms with Crippen molar-refractivity contribution in [1.82, 2.24) is 10.7 Å². The van der Waals surface area contributed by atoms with Gasteiger partial charge in [0.2, 0.25) is 0 Å². The standard InChI is InChI=1S/C6H6N4/c1-2-9-10-6-5(1)3-7-4-8-6/h1,3,8,10H,4H2. The molecule has 0 unspecified atom stereocenters. The Morgan fingerprint density at radius 1 is 1.60 bits per heavy atom. The van der Waals surface area contributed by atoms with Crippen LogP contribution in [0.25, 0.3) is 0 Å². The van der Waals surface area contributed by atoms with Crippen LogP contribution in [0.3, 0.4) is 0 Å². The molecule has 0 aromatic carbocycles. The van der Waals surface area contributed by atoms with Crippen molar-refractivity contribution in [3.8, 4) is 0 Å². The molecule has 0 amide bonds. The lowest BCUT2D eigenvalue weighted by Crippen LogP contribution is -2.29. The van der Waals surface area contributed by atoms with Crippen LogP contribution in [0.4, 0.5) is 0 Å². The molecule has 50 valence electrons. The van der Waals surface area contributed by atoms with Crippen molar-refractivity contribution in [3.63, 3.8) is 0 Å². The SMILES string of the molecule is C1=CC2=C(NCN=C2)NN=1. The van der Waals surface area contributed by atoms with Crippen molar-refractivity contribution in [2.75, 3.05) is 6.67 Å². The summed E-state index contributed by atoms with van der Waals surface area (Å²) in [6.07, 6.45) is 3.57. The highest BCUT2D eigenvalue weighted by Crippen LogP contribution is 2.02. The van der Waals surface area contributed by atoms with E-state index in [4.69, 9.17) is 0 Å². The zero-order chi connectivity index (χ0) is 6.81. The van der Waals surface area contributed by atoms with Crippen LogP contribution in [0, 0.1) is 0 Å². The lowest BCUT2D eigenvalue weighted by molar-refractivity contribution is 0.706. The Morgan fingerprint density at radius 3 is 3.50 bits per heavy atom. The van der Waals surface area contributed by atoms with E-state index in [0.717, 1.165) is 11.4 Å². The third kappa shape index (κ3) is 0.711. The number of rotatable bonds is 0. The van der Waals surface area contributed by atoms with Crippen LogP contribution in [-0.4, -0.2) is 18.8 Å². The van der Waals surface area contributed by atoms with Crippen LogP contribution in [0.5, 0.6) is 0 Å². The molecule has 2 aliphatic rings. The minimum absolute atomic E-state index is 0.620. The second kappa shape index (κ2) is 2.01. The molecule has 0 spiro atoms. The fourth-order valence-electron chi connectivity index (χ4n) is 0.839. The van der Waals surface area contributed by atoms with E-state index in [9.17, 15) is 0 Å². The second-order valence-corrected chi connectivity index (χ2v) is 1.97. The summed E-state index contributed by atoms with van der Waals surface area (Å²) < 4.78 is 0. The molecular formula is C6H6N4. The van der Waals surface area contributed by atoms with Crippen LogP contribution in [0.1, 0.15) is 0 Å². The van der Waals surface area contributed by atoms with Crippen molar-refractivity contribution >= 4 is 12.1 Å². The maximum atomic E-state index is 4.01. The highest BCUT2D eigenvalue weighted by Gasteiger charge is 2.06. The summed E-state index contributed by atoms with van der Waals surface area (Å²) in [6.45, 7) is 0.620. The van der Waals surface area contributed by atoms with Crippen molar-refractivity contribution in [3.05, 3.63) is 17.5 Å². The summed E-state index contributed by atoms with van der Waals surface area (Å²) in [5, 5.41) is 6.75. The van der Waals surface area contributed by atoms with Crippen LogP contribution in [0.15, 0.2) is 27.6 Å². The highest BCUT2D eigenvalue weighted by atomic mass is 15.4. The zero-order valence-corrected chi connectivity index (χ0v) is 5.26. The molecule has 2 rings (SSSR count). The first-order chi connectivity index (χ1) is 4.97. The van der Waals surface area contributed by atoms with Gasteiger partial charge in [0.15, 0.2) is 0 Å². The number of hydrogen-bond donors (Lipinski definition) is 2. The summed E-state index contributed by atoms with van der Waals surface area (Å²) >= 11 is 0. The van der Waals surface area contributed by atoms with Gasteiger partial charge in [-0.15, -0.1) is 5.10 Å². The first kappa shape index (κ1) is 5.26. The van der Waals surface area contributed by atoms with Gasteiger partial charge in [0.05, 0.1) is 0 Å². The largest absolute Gasteiger partial charge is 0.351 e. The molecule has 4 nitrogen and oxygen atoms in total. The van der Waals surface area contributed by atoms with Gasteiger partial charge in [-0.05, 0) is 0 Å². The molecule has 2 aliphatic heterocycles. The van der Waals surface area contributed by atoms with Gasteiger partial charge in [0.25, 0.3) is 0 Å². The molecule has 2 heterocycles. The van der Waals surface area contributed by atoms with Gasteiger partial charge < -0.3 is 5.32 Å². The van der Waals surface area contributed by atoms with Crippen molar-refractivity contribution in [2.45, 2.75) is 0 Å². The minimum Gasteiger partial charge on any atom is -0.351 e. The van der Waals surface area contributed by atoms with Gasteiger partial charge in [-0.25, -0.2) is 0 Å². The Bertz CT molecular complexity index is 267. The first-order valence-electron chi connectivity index (χ1n) is 2.99. The quantitative estimate of drug-likeness (QED) is 0.472. The van der Waals surface area contributed by atoms with Crippen molar-refractivity contribution in [2.24, 2.45) is 10.1 Å². The summed E-state index contributed by atoms with van der Waals surface area (Å²) in [4.78, 5) is 4.01. The Balaban J connectivity index is 2.40. The van der Waals surface area contributed by atoms with E-state index in [1.807, 2.05) is 0 Å². The van der Waals surface area contributed by atoms with Gasteiger partial charge in [-0.3, -0.25) is 10.4 Å². The number of hydrazone groups is 1. The van der Waals surface area contributed by atoms with Crippen LogP contribution in [0.2, 0.25) is 0 Å². The number of hydrogen-bond acceptors (Lipinski definition) is 4. The molecule has 0 fully saturated rings. The lowest BCUT2D eigenvalue weighted by Gasteiger charge is -2.14. The normalized spacial score (nSPS) is 20.0. The topological polar surface area (TPSA) is 48.8 Å². The Morgan fingerprint density at radius 2 is 2.60 bits per heavy atom. The van der Waals surface area contributed by atoms with E-state index in [2.05, 4.69) is 26.7 Å². The Labute approximate surface area is 58.0 Å². The molecule has 0 bridgehead atoms. The van der Waals surface area contributed by atoms with E-state index in [0.29, 0.717) is 6.67 Å². The Hall–Kier alpha value is -1.54. The minimum atomic E-state index is 0.620. The number of allylic oxidation sites excluding steroid dienone is 2. The molecule has 0 atom stereocenters. The average molecular weight is 134 g/mol. The third-order valence-electron chi connectivity index (χ3n) is 1.32. The summed E-state index contributed by atoms with van der Waals surface area (Å²) in [6, 6.07) is 0. The second-order valence-electron chi connectivity index (χ2n) is 1.97. The molecule has 0 aliphatic carbocycles. The number of aliphatic imine (C=N–C) groups is 1. The van der Waals surface area contributed by atoms with E-state index >= 15 is 0 Å². The molecule has 10 heavy (non-hydrogen) atoms. The smallest absolute Gasteiger partial charge is 0.131 e. The Kier molecular flexibility index (Phi) is 1.05. The van der Waals surface area contributed by atoms with E-state index in [1.54, 1.807) is 12.3 Å². The molecule has 2 N–H and O–H groups in total. The fraction of sp³-hybridized carbons (Fsp3) is 0.167. The molecule has 0 saturated heterocycles. The van der Waals surface area contributed by atoms with E-state index in [-0.39, 0.29) is 0 Å². The summed E-state index contributed by atoms with van der Waals surface area (Å²) in [7, 11) is 0. The maximum Gasteiger partial charge on any atom is 0.131 e. The van der Waals surface area contributed by atoms with Crippen molar-refractivity contribution in [1.29, 1.82) is 0 Å². The summed E-state index contributed by atoms with van der Waals surface area (Å²) in [5.74, 6) is 3.59. The number of nitrogens with zero attached hydrogens (tertiary/aromatic N) is 2. The maximum absolute atomic E-state index is 4.01. The predicted octanol–water partition coefficient (Wildman–Crippen LogP) is -0.426. The highest BCUT2D eigenvalue weighted by molar-refractivity contribution is 5.88.